The van der Waals surface area contributed by atoms with Gasteiger partial charge in [-0.25, -0.2) is 4.99 Å². The zero-order valence-electron chi connectivity index (χ0n) is 12.5. The number of rotatable bonds is 3. The zero-order chi connectivity index (χ0) is 14.9. The van der Waals surface area contributed by atoms with Crippen molar-refractivity contribution in [1.82, 2.24) is 0 Å². The summed E-state index contributed by atoms with van der Waals surface area (Å²) in [6.07, 6.45) is 1.26. The van der Waals surface area contributed by atoms with Crippen LogP contribution in [0.4, 0.5) is 11.4 Å². The summed E-state index contributed by atoms with van der Waals surface area (Å²) < 4.78 is 0. The van der Waals surface area contributed by atoms with Crippen LogP contribution in [0.1, 0.15) is 11.7 Å². The summed E-state index contributed by atoms with van der Waals surface area (Å²) in [6, 6.07) is 22.1. The topological polar surface area (TPSA) is 35.8 Å². The van der Waals surface area contributed by atoms with Crippen LogP contribution in [0.3, 0.4) is 0 Å². The number of halogens is 1. The van der Waals surface area contributed by atoms with E-state index in [1.54, 1.807) is 0 Å². The number of β-amino-alcohol motifs (C(OH)–C–C–N with tert-alkyl or cyclic N) is 1. The molecule has 0 aromatic heterocycles. The second-order valence-electron chi connectivity index (χ2n) is 5.48. The molecule has 1 heterocycles. The van der Waals surface area contributed by atoms with Gasteiger partial charge in [-0.3, -0.25) is 0 Å². The highest BCUT2D eigenvalue weighted by atomic mass is 35.5. The Morgan fingerprint density at radius 2 is 1.65 bits per heavy atom. The number of hydrogen-bond acceptors (Lipinski definition) is 3. The maximum absolute atomic E-state index is 10.5. The minimum Gasteiger partial charge on any atom is -0.387 e. The molecule has 4 rings (SSSR count). The van der Waals surface area contributed by atoms with E-state index in [0.717, 1.165) is 22.3 Å². The standard InChI is InChI=1S/C19H16N2O.ClH/c22-18(14-6-2-1-3-7-14)12-21-13-20-16-10-4-8-15-9-5-11-17(21)19(15)16;/h1-11,13,18,22H,12H2;1H. The first kappa shape index (κ1) is 15.5. The highest BCUT2D eigenvalue weighted by Crippen LogP contribution is 2.37. The molecule has 0 saturated heterocycles. The van der Waals surface area contributed by atoms with Gasteiger partial charge < -0.3 is 10.0 Å². The van der Waals surface area contributed by atoms with Crippen LogP contribution < -0.4 is 4.90 Å². The molecule has 1 aliphatic heterocycles. The fraction of sp³-hybridized carbons (Fsp3) is 0.105. The van der Waals surface area contributed by atoms with E-state index in [2.05, 4.69) is 23.2 Å². The van der Waals surface area contributed by atoms with Crippen LogP contribution in [0.2, 0.25) is 0 Å². The van der Waals surface area contributed by atoms with Crippen molar-refractivity contribution in [2.45, 2.75) is 6.10 Å². The Balaban J connectivity index is 0.00000156. The van der Waals surface area contributed by atoms with Gasteiger partial charge in [0.25, 0.3) is 0 Å². The molecular formula is C19H17ClN2O. The molecule has 0 fully saturated rings. The lowest BCUT2D eigenvalue weighted by Gasteiger charge is -2.27. The fourth-order valence-corrected chi connectivity index (χ4v) is 2.96. The third kappa shape index (κ3) is 2.81. The highest BCUT2D eigenvalue weighted by Gasteiger charge is 2.18. The smallest absolute Gasteiger partial charge is 0.0969 e. The highest BCUT2D eigenvalue weighted by molar-refractivity contribution is 6.09. The Morgan fingerprint density at radius 1 is 0.913 bits per heavy atom. The van der Waals surface area contributed by atoms with E-state index >= 15 is 0 Å². The second kappa shape index (κ2) is 6.41. The fourth-order valence-electron chi connectivity index (χ4n) is 2.96. The molecule has 0 radical (unpaired) electrons. The van der Waals surface area contributed by atoms with Crippen molar-refractivity contribution in [1.29, 1.82) is 0 Å². The first-order valence-electron chi connectivity index (χ1n) is 7.38. The van der Waals surface area contributed by atoms with Crippen LogP contribution in [-0.2, 0) is 0 Å². The molecule has 3 nitrogen and oxygen atoms in total. The normalized spacial score (nSPS) is 13.7. The Labute approximate surface area is 141 Å². The van der Waals surface area contributed by atoms with Crippen molar-refractivity contribution in [3.8, 4) is 0 Å². The van der Waals surface area contributed by atoms with Gasteiger partial charge in [0.15, 0.2) is 0 Å². The third-order valence-corrected chi connectivity index (χ3v) is 4.06. The lowest BCUT2D eigenvalue weighted by atomic mass is 10.0. The van der Waals surface area contributed by atoms with Gasteiger partial charge in [-0.2, -0.15) is 0 Å². The molecule has 1 atom stereocenters. The van der Waals surface area contributed by atoms with E-state index in [0.29, 0.717) is 6.54 Å². The minimum absolute atomic E-state index is 0. The van der Waals surface area contributed by atoms with Gasteiger partial charge >= 0.3 is 0 Å². The van der Waals surface area contributed by atoms with E-state index < -0.39 is 6.10 Å². The van der Waals surface area contributed by atoms with Gasteiger partial charge in [-0.15, -0.1) is 12.4 Å². The monoisotopic (exact) mass is 324 g/mol. The molecule has 1 unspecified atom stereocenters. The van der Waals surface area contributed by atoms with Gasteiger partial charge in [0.2, 0.25) is 0 Å². The average molecular weight is 325 g/mol. The molecule has 0 spiro atoms. The lowest BCUT2D eigenvalue weighted by Crippen LogP contribution is -2.28. The number of aliphatic imine (C=N–C) groups is 1. The molecule has 0 bridgehead atoms. The molecule has 1 aliphatic rings. The average Bonchev–Trinajstić information content (AvgIpc) is 2.58. The van der Waals surface area contributed by atoms with Crippen LogP contribution in [-0.4, -0.2) is 18.0 Å². The van der Waals surface area contributed by atoms with Gasteiger partial charge in [-0.05, 0) is 23.1 Å². The summed E-state index contributed by atoms with van der Waals surface area (Å²) in [5, 5.41) is 12.8. The molecule has 0 aliphatic carbocycles. The summed E-state index contributed by atoms with van der Waals surface area (Å²) in [5.74, 6) is 0. The van der Waals surface area contributed by atoms with E-state index in [1.165, 1.54) is 5.39 Å². The van der Waals surface area contributed by atoms with Gasteiger partial charge in [0.1, 0.15) is 0 Å². The lowest BCUT2D eigenvalue weighted by molar-refractivity contribution is 0.187. The number of nitrogens with zero attached hydrogens (tertiary/aromatic N) is 2. The van der Waals surface area contributed by atoms with Crippen molar-refractivity contribution < 1.29 is 5.11 Å². The summed E-state index contributed by atoms with van der Waals surface area (Å²) in [5.41, 5.74) is 3.00. The maximum atomic E-state index is 10.5. The Hall–Kier alpha value is -2.36. The molecular weight excluding hydrogens is 308 g/mol. The maximum Gasteiger partial charge on any atom is 0.0969 e. The molecule has 23 heavy (non-hydrogen) atoms. The second-order valence-corrected chi connectivity index (χ2v) is 5.48. The van der Waals surface area contributed by atoms with Crippen LogP contribution in [0.25, 0.3) is 10.8 Å². The van der Waals surface area contributed by atoms with E-state index in [1.807, 2.05) is 59.8 Å². The molecule has 1 N–H and O–H groups in total. The van der Waals surface area contributed by atoms with E-state index in [-0.39, 0.29) is 12.4 Å². The number of benzene rings is 3. The quantitative estimate of drug-likeness (QED) is 0.771. The number of aliphatic hydroxyl groups excluding tert-OH is 1. The minimum atomic E-state index is -0.548. The molecule has 116 valence electrons. The van der Waals surface area contributed by atoms with Crippen molar-refractivity contribution in [2.75, 3.05) is 11.4 Å². The summed E-state index contributed by atoms with van der Waals surface area (Å²) >= 11 is 0. The predicted octanol–water partition coefficient (Wildman–Crippen LogP) is 4.48. The summed E-state index contributed by atoms with van der Waals surface area (Å²) in [4.78, 5) is 6.55. The van der Waals surface area contributed by atoms with Gasteiger partial charge in [0, 0.05) is 5.39 Å². The van der Waals surface area contributed by atoms with Crippen molar-refractivity contribution >= 4 is 40.9 Å². The first-order valence-corrected chi connectivity index (χ1v) is 7.38. The van der Waals surface area contributed by atoms with Crippen molar-refractivity contribution in [3.63, 3.8) is 0 Å². The van der Waals surface area contributed by atoms with Gasteiger partial charge in [-0.1, -0.05) is 54.6 Å². The number of anilines is 1. The SMILES string of the molecule is Cl.OC(CN1C=Nc2cccc3cccc1c23)c1ccccc1. The van der Waals surface area contributed by atoms with Crippen LogP contribution in [0.15, 0.2) is 71.7 Å². The molecule has 0 amide bonds. The van der Waals surface area contributed by atoms with Crippen LogP contribution >= 0.6 is 12.4 Å². The van der Waals surface area contributed by atoms with Crippen molar-refractivity contribution in [3.05, 3.63) is 72.3 Å². The molecule has 3 aromatic rings. The van der Waals surface area contributed by atoms with Crippen LogP contribution in [0, 0.1) is 0 Å². The Kier molecular flexibility index (Phi) is 4.33. The first-order chi connectivity index (χ1) is 10.8. The summed E-state index contributed by atoms with van der Waals surface area (Å²) in [7, 11) is 0. The van der Waals surface area contributed by atoms with E-state index in [9.17, 15) is 5.11 Å². The molecule has 0 saturated carbocycles. The molecule has 4 heteroatoms. The third-order valence-electron chi connectivity index (χ3n) is 4.06. The van der Waals surface area contributed by atoms with Crippen LogP contribution in [0.5, 0.6) is 0 Å². The number of aliphatic hydroxyl groups is 1. The Bertz CT molecular complexity index is 843. The zero-order valence-corrected chi connectivity index (χ0v) is 13.3. The largest absolute Gasteiger partial charge is 0.387 e. The number of hydrogen-bond donors (Lipinski definition) is 1. The predicted molar refractivity (Wildman–Crippen MR) is 98.1 cm³/mol. The van der Waals surface area contributed by atoms with Crippen molar-refractivity contribution in [2.24, 2.45) is 4.99 Å². The van der Waals surface area contributed by atoms with E-state index in [4.69, 9.17) is 0 Å². The molecule has 3 aromatic carbocycles. The summed E-state index contributed by atoms with van der Waals surface area (Å²) in [6.45, 7) is 0.487. The Morgan fingerprint density at radius 3 is 2.43 bits per heavy atom. The van der Waals surface area contributed by atoms with Gasteiger partial charge in [0.05, 0.1) is 30.4 Å².